The Bertz CT molecular complexity index is 734. The Labute approximate surface area is 157 Å². The minimum absolute atomic E-state index is 0.0309. The Morgan fingerprint density at radius 2 is 2.04 bits per heavy atom. The number of hydrogen-bond acceptors (Lipinski definition) is 5. The maximum atomic E-state index is 13.5. The molecule has 0 heterocycles. The van der Waals surface area contributed by atoms with Gasteiger partial charge in [-0.2, -0.15) is 0 Å². The molecule has 0 atom stereocenters. The highest BCUT2D eigenvalue weighted by atomic mass is 19.1. The fourth-order valence-electron chi connectivity index (χ4n) is 2.07. The molecular formula is C18H25F2N5O2. The van der Waals surface area contributed by atoms with Crippen molar-refractivity contribution in [1.29, 1.82) is 5.41 Å². The van der Waals surface area contributed by atoms with E-state index in [0.29, 0.717) is 18.7 Å². The summed E-state index contributed by atoms with van der Waals surface area (Å²) in [4.78, 5) is 16.2. The normalized spacial score (nSPS) is 12.1. The van der Waals surface area contributed by atoms with Crippen molar-refractivity contribution in [1.82, 2.24) is 4.90 Å². The Kier molecular flexibility index (Phi) is 9.07. The molecule has 1 rings (SSSR count). The monoisotopic (exact) mass is 381 g/mol. The number of benzene rings is 1. The van der Waals surface area contributed by atoms with Gasteiger partial charge in [0.2, 0.25) is 5.91 Å². The number of primary amides is 1. The summed E-state index contributed by atoms with van der Waals surface area (Å²) in [6.45, 7) is 2.58. The van der Waals surface area contributed by atoms with Gasteiger partial charge in [0, 0.05) is 25.4 Å². The first kappa shape index (κ1) is 22.2. The predicted molar refractivity (Wildman–Crippen MR) is 100 cm³/mol. The van der Waals surface area contributed by atoms with Crippen molar-refractivity contribution in [2.75, 3.05) is 26.8 Å². The molecule has 1 aromatic rings. The summed E-state index contributed by atoms with van der Waals surface area (Å²) in [5.74, 6) is -1.20. The van der Waals surface area contributed by atoms with Crippen molar-refractivity contribution in [3.63, 3.8) is 0 Å². The first-order valence-electron chi connectivity index (χ1n) is 8.31. The molecule has 1 aromatic carbocycles. The maximum Gasteiger partial charge on any atom is 0.222 e. The number of nitrogens with one attached hydrogen (secondary N) is 1. The quantitative estimate of drug-likeness (QED) is 0.324. The zero-order valence-corrected chi connectivity index (χ0v) is 15.5. The van der Waals surface area contributed by atoms with Crippen molar-refractivity contribution in [2.24, 2.45) is 16.5 Å². The molecule has 1 amide bonds. The summed E-state index contributed by atoms with van der Waals surface area (Å²) in [6.07, 6.45) is 1.52. The second kappa shape index (κ2) is 11.0. The van der Waals surface area contributed by atoms with E-state index in [9.17, 15) is 13.6 Å². The van der Waals surface area contributed by atoms with E-state index in [1.165, 1.54) is 6.21 Å². The minimum Gasteiger partial charge on any atom is -0.383 e. The van der Waals surface area contributed by atoms with E-state index in [2.05, 4.69) is 4.99 Å². The molecular weight excluding hydrogens is 356 g/mol. The molecule has 7 nitrogen and oxygen atoms in total. The molecule has 0 saturated heterocycles. The third kappa shape index (κ3) is 7.95. The summed E-state index contributed by atoms with van der Waals surface area (Å²) in [6, 6.07) is 3.31. The summed E-state index contributed by atoms with van der Waals surface area (Å²) in [5.41, 5.74) is 11.5. The number of hydrogen-bond donors (Lipinski definition) is 3. The van der Waals surface area contributed by atoms with Crippen LogP contribution >= 0.6 is 0 Å². The summed E-state index contributed by atoms with van der Waals surface area (Å²) in [7, 11) is 1.70. The predicted octanol–water partition coefficient (Wildman–Crippen LogP) is 1.57. The Morgan fingerprint density at radius 1 is 1.33 bits per heavy atom. The molecule has 0 radical (unpaired) electrons. The smallest absolute Gasteiger partial charge is 0.222 e. The summed E-state index contributed by atoms with van der Waals surface area (Å²) in [5, 5.41) is 8.09. The largest absolute Gasteiger partial charge is 0.383 e. The van der Waals surface area contributed by atoms with Gasteiger partial charge in [0.05, 0.1) is 19.6 Å². The number of halogens is 2. The Morgan fingerprint density at radius 3 is 2.70 bits per heavy atom. The van der Waals surface area contributed by atoms with Crippen molar-refractivity contribution >= 4 is 18.0 Å². The van der Waals surface area contributed by atoms with Crippen molar-refractivity contribution in [2.45, 2.75) is 19.8 Å². The van der Waals surface area contributed by atoms with Gasteiger partial charge in [-0.3, -0.25) is 10.2 Å². The second-order valence-corrected chi connectivity index (χ2v) is 5.86. The average Bonchev–Trinajstić information content (AvgIpc) is 2.62. The van der Waals surface area contributed by atoms with E-state index in [1.807, 2.05) is 0 Å². The lowest BCUT2D eigenvalue weighted by Crippen LogP contribution is -2.31. The molecule has 0 aliphatic rings. The van der Waals surface area contributed by atoms with E-state index in [0.717, 1.165) is 18.2 Å². The zero-order chi connectivity index (χ0) is 20.4. The van der Waals surface area contributed by atoms with Gasteiger partial charge in [0.1, 0.15) is 23.3 Å². The van der Waals surface area contributed by atoms with Crippen LogP contribution in [0.15, 0.2) is 34.6 Å². The lowest BCUT2D eigenvalue weighted by Gasteiger charge is -2.20. The summed E-state index contributed by atoms with van der Waals surface area (Å²) < 4.78 is 32.0. The number of likely N-dealkylation sites (N-methyl/N-ethyl adjacent to an activating group) is 1. The number of nitrogens with two attached hydrogens (primary N) is 2. The average molecular weight is 381 g/mol. The molecule has 148 valence electrons. The van der Waals surface area contributed by atoms with E-state index >= 15 is 0 Å². The Balaban J connectivity index is 2.41. The third-order valence-electron chi connectivity index (χ3n) is 3.74. The van der Waals surface area contributed by atoms with Crippen LogP contribution < -0.4 is 11.5 Å². The molecule has 9 heteroatoms. The molecule has 0 bridgehead atoms. The van der Waals surface area contributed by atoms with Gasteiger partial charge in [-0.15, -0.1) is 0 Å². The number of nitrogens with zero attached hydrogens (tertiary/aromatic N) is 2. The highest BCUT2D eigenvalue weighted by molar-refractivity contribution is 5.96. The minimum atomic E-state index is -0.522. The van der Waals surface area contributed by atoms with Crippen molar-refractivity contribution in [3.05, 3.63) is 46.8 Å². The van der Waals surface area contributed by atoms with Crippen LogP contribution in [-0.2, 0) is 16.0 Å². The van der Waals surface area contributed by atoms with Gasteiger partial charge in [0.15, 0.2) is 0 Å². The van der Waals surface area contributed by atoms with Crippen LogP contribution in [0, 0.1) is 17.0 Å². The molecule has 0 spiro atoms. The SMILES string of the molecule is C/C(C(=N)N(C)CCOCCc1cc(F)ccc1F)=C(/N)N=CCC(N)=O. The van der Waals surface area contributed by atoms with Gasteiger partial charge in [0.25, 0.3) is 0 Å². The van der Waals surface area contributed by atoms with E-state index in [4.69, 9.17) is 21.6 Å². The number of aliphatic imine (C=N–C) groups is 1. The zero-order valence-electron chi connectivity index (χ0n) is 15.5. The van der Waals surface area contributed by atoms with Gasteiger partial charge in [-0.25, -0.2) is 13.8 Å². The number of carbonyl (C=O) groups is 1. The fourth-order valence-corrected chi connectivity index (χ4v) is 2.07. The van der Waals surface area contributed by atoms with Gasteiger partial charge in [-0.1, -0.05) is 0 Å². The van der Waals surface area contributed by atoms with Crippen LogP contribution in [0.25, 0.3) is 0 Å². The molecule has 0 aromatic heterocycles. The lowest BCUT2D eigenvalue weighted by atomic mass is 10.1. The van der Waals surface area contributed by atoms with E-state index in [1.54, 1.807) is 18.9 Å². The first-order chi connectivity index (χ1) is 12.7. The lowest BCUT2D eigenvalue weighted by molar-refractivity contribution is -0.116. The van der Waals surface area contributed by atoms with E-state index in [-0.39, 0.29) is 36.7 Å². The number of ether oxygens (including phenoxy) is 1. The number of carbonyl (C=O) groups excluding carboxylic acids is 1. The van der Waals surface area contributed by atoms with Crippen LogP contribution in [-0.4, -0.2) is 49.7 Å². The molecule has 0 aliphatic heterocycles. The highest BCUT2D eigenvalue weighted by Crippen LogP contribution is 2.10. The standard InChI is InChI=1S/C18H25F2N5O2/c1-12(17(22)24-7-5-16(21)26)18(23)25(2)8-10-27-9-6-13-11-14(19)3-4-15(13)20/h3-4,7,11,23H,5-6,8-10,22H2,1-2H3,(H2,21,26)/b17-12+,23-18?,24-7?. The highest BCUT2D eigenvalue weighted by Gasteiger charge is 2.10. The molecule has 0 aliphatic carbocycles. The van der Waals surface area contributed by atoms with Crippen molar-refractivity contribution in [3.8, 4) is 0 Å². The van der Waals surface area contributed by atoms with Crippen LogP contribution in [0.5, 0.6) is 0 Å². The van der Waals surface area contributed by atoms with E-state index < -0.39 is 17.5 Å². The van der Waals surface area contributed by atoms with Crippen LogP contribution in [0.1, 0.15) is 18.9 Å². The Hall–Kier alpha value is -2.81. The molecule has 0 fully saturated rings. The third-order valence-corrected chi connectivity index (χ3v) is 3.74. The van der Waals surface area contributed by atoms with Gasteiger partial charge in [-0.05, 0) is 37.1 Å². The number of amidine groups is 1. The molecule has 27 heavy (non-hydrogen) atoms. The number of rotatable bonds is 10. The molecule has 0 unspecified atom stereocenters. The van der Waals surface area contributed by atoms with Crippen LogP contribution in [0.3, 0.4) is 0 Å². The van der Waals surface area contributed by atoms with Crippen molar-refractivity contribution < 1.29 is 18.3 Å². The van der Waals surface area contributed by atoms with Crippen LogP contribution in [0.2, 0.25) is 0 Å². The fraction of sp³-hybridized carbons (Fsp3) is 0.389. The molecule has 5 N–H and O–H groups in total. The first-order valence-corrected chi connectivity index (χ1v) is 8.31. The summed E-state index contributed by atoms with van der Waals surface area (Å²) >= 11 is 0. The van der Waals surface area contributed by atoms with Gasteiger partial charge >= 0.3 is 0 Å². The maximum absolute atomic E-state index is 13.5. The molecule has 0 saturated carbocycles. The number of amides is 1. The van der Waals surface area contributed by atoms with Gasteiger partial charge < -0.3 is 21.1 Å². The second-order valence-electron chi connectivity index (χ2n) is 5.86. The van der Waals surface area contributed by atoms with Crippen LogP contribution in [0.4, 0.5) is 8.78 Å². The topological polar surface area (TPSA) is 118 Å².